The number of para-hydroxylation sites is 1. The van der Waals surface area contributed by atoms with Crippen LogP contribution in [0.4, 0.5) is 0 Å². The van der Waals surface area contributed by atoms with Crippen molar-refractivity contribution in [3.05, 3.63) is 30.3 Å². The Labute approximate surface area is 173 Å². The Balaban J connectivity index is 2.99. The summed E-state index contributed by atoms with van der Waals surface area (Å²) < 4.78 is 24.1. The molecule has 10 nitrogen and oxygen atoms in total. The van der Waals surface area contributed by atoms with Crippen LogP contribution in [0.1, 0.15) is 27.7 Å². The number of nitrogens with two attached hydrogens (primary N) is 1. The smallest absolute Gasteiger partial charge is 0.375 e. The van der Waals surface area contributed by atoms with Gasteiger partial charge in [0.25, 0.3) is 0 Å². The molecule has 0 heterocycles. The number of nitrogens with one attached hydrogen (secondary N) is 2. The summed E-state index contributed by atoms with van der Waals surface area (Å²) in [4.78, 5) is 39.4. The summed E-state index contributed by atoms with van der Waals surface area (Å²) in [7, 11) is 0. The zero-order valence-corrected chi connectivity index (χ0v) is 18.3. The number of amides is 1. The average Bonchev–Trinajstić information content (AvgIpc) is 2.64. The van der Waals surface area contributed by atoms with Crippen molar-refractivity contribution in [2.24, 2.45) is 5.90 Å². The van der Waals surface area contributed by atoms with Crippen molar-refractivity contribution in [3.63, 3.8) is 0 Å². The summed E-state index contributed by atoms with van der Waals surface area (Å²) in [6.45, 7) is 2.29. The molecular weight excluding hydrogens is 421 g/mol. The van der Waals surface area contributed by atoms with E-state index in [1.807, 2.05) is 0 Å². The Morgan fingerprint density at radius 1 is 1.14 bits per heavy atom. The molecule has 3 atom stereocenters. The highest BCUT2D eigenvalue weighted by molar-refractivity contribution is 8.56. The number of ether oxygens (including phenoxy) is 1. The van der Waals surface area contributed by atoms with Crippen molar-refractivity contribution in [1.82, 2.24) is 10.4 Å². The molecule has 1 unspecified atom stereocenters. The van der Waals surface area contributed by atoms with E-state index < -0.39 is 36.7 Å². The Kier molecular flexibility index (Phi) is 10.2. The van der Waals surface area contributed by atoms with Crippen LogP contribution in [-0.2, 0) is 28.5 Å². The standard InChI is InChI=1S/C17H26N3O7PS/c1-11(2)25-16(22)12(3)20-28(24,27-14-8-6-5-7-9-14)29-10-15(17(23)26-18)19-13(4)21/h5-9,11-12,15H,10,18H2,1-4H3,(H,19,21)(H,20,24)/t12-,15-,28?/m0/s1. The van der Waals surface area contributed by atoms with Gasteiger partial charge in [0.2, 0.25) is 5.91 Å². The monoisotopic (exact) mass is 447 g/mol. The third-order valence-electron chi connectivity index (χ3n) is 3.22. The number of rotatable bonds is 11. The van der Waals surface area contributed by atoms with E-state index in [9.17, 15) is 18.9 Å². The normalized spacial score (nSPS) is 15.0. The second kappa shape index (κ2) is 11.8. The van der Waals surface area contributed by atoms with Gasteiger partial charge in [0.15, 0.2) is 0 Å². The van der Waals surface area contributed by atoms with E-state index in [0.717, 1.165) is 11.4 Å². The molecule has 29 heavy (non-hydrogen) atoms. The maximum Gasteiger partial charge on any atom is 0.375 e. The molecule has 0 saturated heterocycles. The maximum absolute atomic E-state index is 13.4. The highest BCUT2D eigenvalue weighted by Crippen LogP contribution is 2.56. The van der Waals surface area contributed by atoms with Crippen LogP contribution in [-0.4, -0.2) is 41.8 Å². The van der Waals surface area contributed by atoms with E-state index in [-0.39, 0.29) is 17.6 Å². The van der Waals surface area contributed by atoms with E-state index in [1.54, 1.807) is 44.2 Å². The number of benzene rings is 1. The van der Waals surface area contributed by atoms with Gasteiger partial charge in [-0.25, -0.2) is 14.4 Å². The van der Waals surface area contributed by atoms with E-state index in [4.69, 9.17) is 15.2 Å². The van der Waals surface area contributed by atoms with Crippen LogP contribution in [0.15, 0.2) is 30.3 Å². The minimum atomic E-state index is -3.78. The molecule has 12 heteroatoms. The fourth-order valence-electron chi connectivity index (χ4n) is 2.00. The fraction of sp³-hybridized carbons (Fsp3) is 0.471. The zero-order chi connectivity index (χ0) is 22.0. The molecule has 162 valence electrons. The van der Waals surface area contributed by atoms with Crippen molar-refractivity contribution >= 4 is 35.9 Å². The van der Waals surface area contributed by atoms with Gasteiger partial charge in [0.1, 0.15) is 17.8 Å². The largest absolute Gasteiger partial charge is 0.462 e. The van der Waals surface area contributed by atoms with Crippen LogP contribution >= 0.6 is 18.1 Å². The van der Waals surface area contributed by atoms with Gasteiger partial charge in [-0.1, -0.05) is 18.2 Å². The molecule has 0 aromatic heterocycles. The number of esters is 1. The van der Waals surface area contributed by atoms with Gasteiger partial charge in [-0.05, 0) is 44.3 Å². The predicted molar refractivity (Wildman–Crippen MR) is 109 cm³/mol. The van der Waals surface area contributed by atoms with Crippen molar-refractivity contribution in [2.75, 3.05) is 5.75 Å². The van der Waals surface area contributed by atoms with Crippen LogP contribution in [0.2, 0.25) is 0 Å². The van der Waals surface area contributed by atoms with Crippen LogP contribution in [0.25, 0.3) is 0 Å². The van der Waals surface area contributed by atoms with Gasteiger partial charge in [-0.15, -0.1) is 0 Å². The molecule has 1 aromatic rings. The highest BCUT2D eigenvalue weighted by atomic mass is 32.7. The average molecular weight is 447 g/mol. The van der Waals surface area contributed by atoms with Crippen molar-refractivity contribution < 1.29 is 33.0 Å². The summed E-state index contributed by atoms with van der Waals surface area (Å²) >= 11 is 0.720. The van der Waals surface area contributed by atoms with Gasteiger partial charge in [-0.3, -0.25) is 9.59 Å². The molecule has 0 bridgehead atoms. The Morgan fingerprint density at radius 2 is 1.76 bits per heavy atom. The van der Waals surface area contributed by atoms with E-state index in [1.165, 1.54) is 13.8 Å². The second-order valence-corrected chi connectivity index (χ2v) is 10.5. The lowest BCUT2D eigenvalue weighted by atomic mass is 10.3. The lowest BCUT2D eigenvalue weighted by molar-refractivity contribution is -0.149. The lowest BCUT2D eigenvalue weighted by Gasteiger charge is -2.24. The van der Waals surface area contributed by atoms with Crippen molar-refractivity contribution in [1.29, 1.82) is 0 Å². The molecule has 1 aromatic carbocycles. The van der Waals surface area contributed by atoms with Crippen LogP contribution in [0, 0.1) is 0 Å². The van der Waals surface area contributed by atoms with Crippen molar-refractivity contribution in [2.45, 2.75) is 45.9 Å². The predicted octanol–water partition coefficient (Wildman–Crippen LogP) is 1.76. The van der Waals surface area contributed by atoms with Gasteiger partial charge >= 0.3 is 18.7 Å². The second-order valence-electron chi connectivity index (χ2n) is 6.22. The SMILES string of the molecule is CC(=O)N[C@@H](CSP(=O)(N[C@@H](C)C(=O)OC(C)C)Oc1ccccc1)C(=O)ON. The molecule has 0 spiro atoms. The van der Waals surface area contributed by atoms with Gasteiger partial charge in [-0.2, -0.15) is 5.90 Å². The topological polar surface area (TPSA) is 146 Å². The summed E-state index contributed by atoms with van der Waals surface area (Å²) in [5.74, 6) is 2.98. The van der Waals surface area contributed by atoms with Gasteiger partial charge in [0, 0.05) is 12.7 Å². The van der Waals surface area contributed by atoms with Crippen LogP contribution in [0.5, 0.6) is 5.75 Å². The number of hydrogen-bond acceptors (Lipinski definition) is 9. The molecule has 0 aliphatic rings. The molecule has 0 aliphatic carbocycles. The highest BCUT2D eigenvalue weighted by Gasteiger charge is 2.34. The molecule has 4 N–H and O–H groups in total. The molecule has 0 fully saturated rings. The third-order valence-corrected chi connectivity index (χ3v) is 7.20. The minimum Gasteiger partial charge on any atom is -0.462 e. The first-order chi connectivity index (χ1) is 13.6. The third kappa shape index (κ3) is 9.31. The number of hydrogen-bond donors (Lipinski definition) is 3. The zero-order valence-electron chi connectivity index (χ0n) is 16.6. The fourth-order valence-corrected chi connectivity index (χ4v) is 5.88. The first-order valence-electron chi connectivity index (χ1n) is 8.71. The maximum atomic E-state index is 13.4. The lowest BCUT2D eigenvalue weighted by Crippen LogP contribution is -2.43. The minimum absolute atomic E-state index is 0.182. The Morgan fingerprint density at radius 3 is 2.28 bits per heavy atom. The van der Waals surface area contributed by atoms with E-state index >= 15 is 0 Å². The van der Waals surface area contributed by atoms with Crippen molar-refractivity contribution in [3.8, 4) is 5.75 Å². The van der Waals surface area contributed by atoms with Crippen LogP contribution in [0.3, 0.4) is 0 Å². The van der Waals surface area contributed by atoms with Crippen LogP contribution < -0.4 is 20.8 Å². The van der Waals surface area contributed by atoms with Gasteiger partial charge < -0.3 is 19.4 Å². The molecule has 1 rings (SSSR count). The molecule has 1 amide bonds. The first-order valence-corrected chi connectivity index (χ1v) is 11.9. The molecule has 0 aliphatic heterocycles. The number of carbonyl (C=O) groups is 3. The summed E-state index contributed by atoms with van der Waals surface area (Å²) in [5.41, 5.74) is 0. The molecular formula is C17H26N3O7PS. The van der Waals surface area contributed by atoms with E-state index in [0.29, 0.717) is 0 Å². The molecule has 0 radical (unpaired) electrons. The molecule has 0 saturated carbocycles. The summed E-state index contributed by atoms with van der Waals surface area (Å²) in [5, 5.41) is 5.00. The Hall–Kier alpha value is -2.07. The Bertz CT molecular complexity index is 748. The first kappa shape index (κ1) is 25.0. The van der Waals surface area contributed by atoms with E-state index in [2.05, 4.69) is 15.2 Å². The summed E-state index contributed by atoms with van der Waals surface area (Å²) in [6.07, 6.45) is -0.350. The quantitative estimate of drug-likeness (QED) is 0.260. The number of carbonyl (C=O) groups excluding carboxylic acids is 3. The summed E-state index contributed by atoms with van der Waals surface area (Å²) in [6, 6.07) is 6.19. The van der Waals surface area contributed by atoms with Gasteiger partial charge in [0.05, 0.1) is 6.10 Å².